The highest BCUT2D eigenvalue weighted by Crippen LogP contribution is 2.37. The predicted molar refractivity (Wildman–Crippen MR) is 134 cm³/mol. The first kappa shape index (κ1) is 23.8. The van der Waals surface area contributed by atoms with Gasteiger partial charge in [-0.25, -0.2) is 4.79 Å². The number of benzene rings is 3. The van der Waals surface area contributed by atoms with Gasteiger partial charge in [0, 0.05) is 12.2 Å². The summed E-state index contributed by atoms with van der Waals surface area (Å²) < 4.78 is 4.88. The van der Waals surface area contributed by atoms with Crippen LogP contribution in [0.15, 0.2) is 77.8 Å². The van der Waals surface area contributed by atoms with E-state index >= 15 is 0 Å². The molecular weight excluding hydrogens is 444 g/mol. The molecule has 8 heteroatoms. The summed E-state index contributed by atoms with van der Waals surface area (Å²) in [4.78, 5) is 43.2. The van der Waals surface area contributed by atoms with Crippen LogP contribution in [0.1, 0.15) is 33.0 Å². The van der Waals surface area contributed by atoms with Gasteiger partial charge in [0.1, 0.15) is 5.92 Å². The molecule has 1 atom stereocenters. The molecule has 0 aromatic heterocycles. The number of nitrogens with two attached hydrogens (primary N) is 1. The molecule has 0 saturated heterocycles. The summed E-state index contributed by atoms with van der Waals surface area (Å²) in [5, 5.41) is 2.85. The van der Waals surface area contributed by atoms with Crippen LogP contribution in [0.5, 0.6) is 0 Å². The molecular formula is C27H26N4O4. The normalized spacial score (nSPS) is 15.0. The molecule has 1 unspecified atom stereocenters. The van der Waals surface area contributed by atoms with Gasteiger partial charge in [-0.2, -0.15) is 0 Å². The molecule has 1 aliphatic rings. The molecule has 3 N–H and O–H groups in total. The lowest BCUT2D eigenvalue weighted by atomic mass is 9.90. The first-order chi connectivity index (χ1) is 16.8. The zero-order valence-electron chi connectivity index (χ0n) is 19.5. The molecule has 0 spiro atoms. The molecule has 1 aliphatic heterocycles. The number of anilines is 1. The molecule has 3 aromatic carbocycles. The maximum atomic E-state index is 13.1. The smallest absolute Gasteiger partial charge is 0.338 e. The van der Waals surface area contributed by atoms with E-state index in [1.807, 2.05) is 68.7 Å². The molecule has 4 rings (SSSR count). The Balaban J connectivity index is 1.70. The van der Waals surface area contributed by atoms with Crippen LogP contribution in [-0.4, -0.2) is 49.1 Å². The van der Waals surface area contributed by atoms with Crippen molar-refractivity contribution in [1.29, 1.82) is 0 Å². The molecule has 178 valence electrons. The molecule has 35 heavy (non-hydrogen) atoms. The number of hydrogen-bond acceptors (Lipinski definition) is 6. The minimum atomic E-state index is -0.744. The molecule has 2 amide bonds. The average molecular weight is 471 g/mol. The summed E-state index contributed by atoms with van der Waals surface area (Å²) in [5.41, 5.74) is 9.77. The van der Waals surface area contributed by atoms with Crippen LogP contribution in [0.3, 0.4) is 0 Å². The number of hydrogen-bond donors (Lipinski definition) is 2. The summed E-state index contributed by atoms with van der Waals surface area (Å²) in [7, 11) is 4.02. The Morgan fingerprint density at radius 2 is 1.71 bits per heavy atom. The van der Waals surface area contributed by atoms with Gasteiger partial charge in [-0.1, -0.05) is 48.5 Å². The fourth-order valence-corrected chi connectivity index (χ4v) is 3.97. The molecule has 3 aromatic rings. The Hall–Kier alpha value is -4.30. The van der Waals surface area contributed by atoms with Crippen molar-refractivity contribution in [3.05, 3.63) is 95.1 Å². The number of nitrogens with zero attached hydrogens (tertiary/aromatic N) is 2. The minimum absolute atomic E-state index is 0.209. The van der Waals surface area contributed by atoms with Crippen molar-refractivity contribution >= 4 is 34.9 Å². The number of nitrogens with one attached hydrogen (secondary N) is 1. The maximum absolute atomic E-state index is 13.1. The Labute approximate surface area is 203 Å². The number of fused-ring (bicyclic) bond motifs is 1. The first-order valence-corrected chi connectivity index (χ1v) is 11.1. The van der Waals surface area contributed by atoms with E-state index in [0.717, 1.165) is 23.4 Å². The molecule has 8 nitrogen and oxygen atoms in total. The summed E-state index contributed by atoms with van der Waals surface area (Å²) in [6, 6.07) is 22.3. The van der Waals surface area contributed by atoms with E-state index in [2.05, 4.69) is 10.2 Å². The van der Waals surface area contributed by atoms with E-state index in [1.165, 1.54) is 6.07 Å². The van der Waals surface area contributed by atoms with Gasteiger partial charge in [-0.05, 0) is 55.1 Å². The van der Waals surface area contributed by atoms with Crippen LogP contribution in [-0.2, 0) is 20.9 Å². The first-order valence-electron chi connectivity index (χ1n) is 11.1. The van der Waals surface area contributed by atoms with Gasteiger partial charge < -0.3 is 20.7 Å². The minimum Gasteiger partial charge on any atom is -0.452 e. The maximum Gasteiger partial charge on any atom is 0.338 e. The molecule has 0 bridgehead atoms. The third kappa shape index (κ3) is 5.62. The van der Waals surface area contributed by atoms with E-state index < -0.39 is 24.4 Å². The Kier molecular flexibility index (Phi) is 7.03. The monoisotopic (exact) mass is 470 g/mol. The molecule has 1 heterocycles. The number of ether oxygens (including phenoxy) is 1. The second kappa shape index (κ2) is 10.3. The van der Waals surface area contributed by atoms with Crippen molar-refractivity contribution in [2.75, 3.05) is 26.0 Å². The number of amides is 2. The third-order valence-corrected chi connectivity index (χ3v) is 5.49. The largest absolute Gasteiger partial charge is 0.452 e. The van der Waals surface area contributed by atoms with Gasteiger partial charge in [0.2, 0.25) is 5.91 Å². The fourth-order valence-electron chi connectivity index (χ4n) is 3.97. The Bertz CT molecular complexity index is 1280. The van der Waals surface area contributed by atoms with Crippen LogP contribution in [0, 0.1) is 0 Å². The summed E-state index contributed by atoms with van der Waals surface area (Å²) in [6.07, 6.45) is 0. The average Bonchev–Trinajstić information content (AvgIpc) is 3.17. The van der Waals surface area contributed by atoms with Crippen molar-refractivity contribution in [3.63, 3.8) is 0 Å². The van der Waals surface area contributed by atoms with Crippen molar-refractivity contribution in [1.82, 2.24) is 4.90 Å². The topological polar surface area (TPSA) is 114 Å². The van der Waals surface area contributed by atoms with E-state index in [0.29, 0.717) is 17.0 Å². The number of carbonyl (C=O) groups excluding carboxylic acids is 3. The number of rotatable bonds is 8. The van der Waals surface area contributed by atoms with Crippen LogP contribution in [0.2, 0.25) is 0 Å². The van der Waals surface area contributed by atoms with Gasteiger partial charge in [0.25, 0.3) is 5.91 Å². The van der Waals surface area contributed by atoms with Crippen LogP contribution >= 0.6 is 0 Å². The lowest BCUT2D eigenvalue weighted by Crippen LogP contribution is -2.22. The highest BCUT2D eigenvalue weighted by molar-refractivity contribution is 6.24. The summed E-state index contributed by atoms with van der Waals surface area (Å²) in [6.45, 7) is 0.307. The fraction of sp³-hybridized carbons (Fsp3) is 0.185. The van der Waals surface area contributed by atoms with Crippen LogP contribution in [0.25, 0.3) is 0 Å². The predicted octanol–water partition coefficient (Wildman–Crippen LogP) is 3.25. The summed E-state index contributed by atoms with van der Waals surface area (Å²) in [5.74, 6) is -2.34. The lowest BCUT2D eigenvalue weighted by molar-refractivity contribution is -0.121. The van der Waals surface area contributed by atoms with Crippen LogP contribution in [0.4, 0.5) is 11.4 Å². The standard InChI is InChI=1S/C27H26N4O4/c1-31(2)15-17-8-11-20(12-9-17)29-25(18-6-4-3-5-7-18)24-21-13-10-19(14-22(21)30-26(24)33)27(34)35-16-23(28)32/h3-14,24H,15-16H2,1-2H3,(H2,28,32)(H,30,33). The van der Waals surface area contributed by atoms with Gasteiger partial charge in [-0.3, -0.25) is 14.6 Å². The van der Waals surface area contributed by atoms with Crippen molar-refractivity contribution in [3.8, 4) is 0 Å². The van der Waals surface area contributed by atoms with Gasteiger partial charge in [0.15, 0.2) is 6.61 Å². The summed E-state index contributed by atoms with van der Waals surface area (Å²) >= 11 is 0. The molecule has 0 radical (unpaired) electrons. The quantitative estimate of drug-likeness (QED) is 0.388. The molecule has 0 fully saturated rings. The number of carbonyl (C=O) groups is 3. The second-order valence-corrected chi connectivity index (χ2v) is 8.53. The van der Waals surface area contributed by atoms with E-state index in [-0.39, 0.29) is 11.5 Å². The number of esters is 1. The third-order valence-electron chi connectivity index (χ3n) is 5.49. The zero-order valence-corrected chi connectivity index (χ0v) is 19.5. The van der Waals surface area contributed by atoms with Gasteiger partial charge >= 0.3 is 5.97 Å². The highest BCUT2D eigenvalue weighted by Gasteiger charge is 2.36. The lowest BCUT2D eigenvalue weighted by Gasteiger charge is -2.14. The molecule has 0 aliphatic carbocycles. The van der Waals surface area contributed by atoms with E-state index in [4.69, 9.17) is 15.5 Å². The Morgan fingerprint density at radius 3 is 2.37 bits per heavy atom. The van der Waals surface area contributed by atoms with Gasteiger partial charge in [0.05, 0.1) is 17.0 Å². The van der Waals surface area contributed by atoms with E-state index in [1.54, 1.807) is 12.1 Å². The number of primary amides is 1. The second-order valence-electron chi connectivity index (χ2n) is 8.53. The zero-order chi connectivity index (χ0) is 24.9. The van der Waals surface area contributed by atoms with Crippen molar-refractivity contribution < 1.29 is 19.1 Å². The number of aliphatic imine (C=N–C) groups is 1. The van der Waals surface area contributed by atoms with Gasteiger partial charge in [-0.15, -0.1) is 0 Å². The highest BCUT2D eigenvalue weighted by atomic mass is 16.5. The molecule has 0 saturated carbocycles. The Morgan fingerprint density at radius 1 is 1.00 bits per heavy atom. The van der Waals surface area contributed by atoms with Crippen molar-refractivity contribution in [2.45, 2.75) is 12.5 Å². The SMILES string of the molecule is CN(C)Cc1ccc(N=C(c2ccccc2)C2C(=O)Nc3cc(C(=O)OCC(N)=O)ccc32)cc1. The van der Waals surface area contributed by atoms with E-state index in [9.17, 15) is 14.4 Å². The van der Waals surface area contributed by atoms with Crippen LogP contribution < -0.4 is 11.1 Å². The van der Waals surface area contributed by atoms with Crippen molar-refractivity contribution in [2.24, 2.45) is 10.7 Å².